The van der Waals surface area contributed by atoms with Crippen LogP contribution in [-0.4, -0.2) is 43.6 Å². The minimum Gasteiger partial charge on any atom is -0.396 e. The van der Waals surface area contributed by atoms with Gasteiger partial charge in [0, 0.05) is 25.7 Å². The SMILES string of the molecule is CC1CCCCN1S(=O)(=O)NCC1(CCO)CC1. The molecular formula is C12H24N2O3S. The molecule has 18 heavy (non-hydrogen) atoms. The van der Waals surface area contributed by atoms with Crippen molar-refractivity contribution >= 4 is 10.2 Å². The van der Waals surface area contributed by atoms with Crippen LogP contribution in [0.5, 0.6) is 0 Å². The first-order valence-electron chi connectivity index (χ1n) is 6.86. The molecule has 1 aliphatic heterocycles. The van der Waals surface area contributed by atoms with Crippen LogP contribution in [0.3, 0.4) is 0 Å². The molecule has 1 aliphatic carbocycles. The maximum atomic E-state index is 12.2. The lowest BCUT2D eigenvalue weighted by Gasteiger charge is -2.32. The van der Waals surface area contributed by atoms with E-state index in [1.807, 2.05) is 6.92 Å². The Morgan fingerprint density at radius 1 is 1.39 bits per heavy atom. The van der Waals surface area contributed by atoms with Gasteiger partial charge in [-0.3, -0.25) is 0 Å². The number of piperidine rings is 1. The van der Waals surface area contributed by atoms with Crippen molar-refractivity contribution in [2.45, 2.75) is 51.5 Å². The maximum Gasteiger partial charge on any atom is 0.279 e. The highest BCUT2D eigenvalue weighted by Gasteiger charge is 2.43. The van der Waals surface area contributed by atoms with Crippen LogP contribution in [-0.2, 0) is 10.2 Å². The van der Waals surface area contributed by atoms with Gasteiger partial charge >= 0.3 is 0 Å². The smallest absolute Gasteiger partial charge is 0.279 e. The van der Waals surface area contributed by atoms with Crippen molar-refractivity contribution in [2.24, 2.45) is 5.41 Å². The molecule has 0 spiro atoms. The van der Waals surface area contributed by atoms with Gasteiger partial charge in [0.25, 0.3) is 10.2 Å². The average molecular weight is 276 g/mol. The summed E-state index contributed by atoms with van der Waals surface area (Å²) in [6.45, 7) is 3.21. The van der Waals surface area contributed by atoms with E-state index < -0.39 is 10.2 Å². The van der Waals surface area contributed by atoms with Crippen LogP contribution in [0, 0.1) is 5.41 Å². The summed E-state index contributed by atoms with van der Waals surface area (Å²) in [6, 6.07) is 0.101. The molecule has 1 unspecified atom stereocenters. The molecule has 106 valence electrons. The number of nitrogens with zero attached hydrogens (tertiary/aromatic N) is 1. The lowest BCUT2D eigenvalue weighted by Crippen LogP contribution is -2.49. The summed E-state index contributed by atoms with van der Waals surface area (Å²) < 4.78 is 28.8. The van der Waals surface area contributed by atoms with E-state index in [9.17, 15) is 8.42 Å². The van der Waals surface area contributed by atoms with Crippen molar-refractivity contribution in [2.75, 3.05) is 19.7 Å². The number of hydrogen-bond donors (Lipinski definition) is 2. The fourth-order valence-corrected chi connectivity index (χ4v) is 4.29. The lowest BCUT2D eigenvalue weighted by molar-refractivity contribution is 0.244. The molecule has 2 fully saturated rings. The Hall–Kier alpha value is -0.170. The molecule has 0 aromatic rings. The van der Waals surface area contributed by atoms with Crippen LogP contribution >= 0.6 is 0 Å². The highest BCUT2D eigenvalue weighted by atomic mass is 32.2. The minimum absolute atomic E-state index is 0.0286. The average Bonchev–Trinajstić information content (AvgIpc) is 3.08. The van der Waals surface area contributed by atoms with E-state index in [0.717, 1.165) is 32.1 Å². The fourth-order valence-electron chi connectivity index (χ4n) is 2.69. The van der Waals surface area contributed by atoms with Gasteiger partial charge < -0.3 is 5.11 Å². The third-order valence-corrected chi connectivity index (χ3v) is 5.95. The van der Waals surface area contributed by atoms with Crippen LogP contribution in [0.1, 0.15) is 45.4 Å². The second-order valence-corrected chi connectivity index (χ2v) is 7.46. The molecule has 0 radical (unpaired) electrons. The molecule has 0 aromatic carbocycles. The topological polar surface area (TPSA) is 69.6 Å². The molecule has 0 bridgehead atoms. The highest BCUT2D eigenvalue weighted by molar-refractivity contribution is 7.87. The Morgan fingerprint density at radius 3 is 2.67 bits per heavy atom. The Labute approximate surface area is 110 Å². The molecule has 1 atom stereocenters. The first kappa shape index (κ1) is 14.2. The summed E-state index contributed by atoms with van der Waals surface area (Å²) in [5.74, 6) is 0. The zero-order valence-electron chi connectivity index (χ0n) is 11.1. The second kappa shape index (κ2) is 5.45. The molecule has 6 heteroatoms. The Bertz CT molecular complexity index is 379. The Kier molecular flexibility index (Phi) is 4.31. The van der Waals surface area contributed by atoms with Crippen molar-refractivity contribution in [3.63, 3.8) is 0 Å². The molecule has 0 amide bonds. The molecule has 1 saturated carbocycles. The van der Waals surface area contributed by atoms with Gasteiger partial charge in [0.1, 0.15) is 0 Å². The highest BCUT2D eigenvalue weighted by Crippen LogP contribution is 2.48. The Balaban J connectivity index is 1.91. The largest absolute Gasteiger partial charge is 0.396 e. The number of nitrogens with one attached hydrogen (secondary N) is 1. The van der Waals surface area contributed by atoms with E-state index in [-0.39, 0.29) is 18.1 Å². The number of rotatable bonds is 6. The first-order chi connectivity index (χ1) is 8.49. The third kappa shape index (κ3) is 3.23. The van der Waals surface area contributed by atoms with Crippen LogP contribution in [0.2, 0.25) is 0 Å². The summed E-state index contributed by atoms with van der Waals surface area (Å²) in [6.07, 6.45) is 5.75. The summed E-state index contributed by atoms with van der Waals surface area (Å²) in [7, 11) is -3.34. The number of aliphatic hydroxyl groups excluding tert-OH is 1. The van der Waals surface area contributed by atoms with Crippen LogP contribution < -0.4 is 4.72 Å². The van der Waals surface area contributed by atoms with Gasteiger partial charge in [-0.2, -0.15) is 12.7 Å². The molecule has 1 heterocycles. The lowest BCUT2D eigenvalue weighted by atomic mass is 10.0. The van der Waals surface area contributed by atoms with Gasteiger partial charge in [-0.05, 0) is 44.4 Å². The van der Waals surface area contributed by atoms with Gasteiger partial charge in [-0.15, -0.1) is 0 Å². The van der Waals surface area contributed by atoms with Gasteiger partial charge in [0.2, 0.25) is 0 Å². The molecule has 0 aromatic heterocycles. The van der Waals surface area contributed by atoms with Crippen molar-refractivity contribution < 1.29 is 13.5 Å². The Morgan fingerprint density at radius 2 is 2.11 bits per heavy atom. The summed E-state index contributed by atoms with van der Waals surface area (Å²) >= 11 is 0. The predicted molar refractivity (Wildman–Crippen MR) is 70.3 cm³/mol. The van der Waals surface area contributed by atoms with Crippen molar-refractivity contribution in [1.82, 2.24) is 9.03 Å². The molecule has 2 rings (SSSR count). The second-order valence-electron chi connectivity index (χ2n) is 5.76. The molecule has 5 nitrogen and oxygen atoms in total. The number of aliphatic hydroxyl groups is 1. The van der Waals surface area contributed by atoms with Gasteiger partial charge in [-0.1, -0.05) is 6.42 Å². The molecule has 2 N–H and O–H groups in total. The normalized spacial score (nSPS) is 28.2. The molecule has 1 saturated heterocycles. The van der Waals surface area contributed by atoms with E-state index in [0.29, 0.717) is 19.5 Å². The summed E-state index contributed by atoms with van der Waals surface area (Å²) in [5, 5.41) is 8.97. The molecule has 2 aliphatic rings. The first-order valence-corrected chi connectivity index (χ1v) is 8.30. The van der Waals surface area contributed by atoms with Crippen LogP contribution in [0.25, 0.3) is 0 Å². The quantitative estimate of drug-likeness (QED) is 0.756. The fraction of sp³-hybridized carbons (Fsp3) is 1.00. The third-order valence-electron chi connectivity index (χ3n) is 4.28. The van der Waals surface area contributed by atoms with E-state index in [1.54, 1.807) is 4.31 Å². The maximum absolute atomic E-state index is 12.2. The van der Waals surface area contributed by atoms with E-state index in [2.05, 4.69) is 4.72 Å². The van der Waals surface area contributed by atoms with Crippen LogP contribution in [0.4, 0.5) is 0 Å². The zero-order chi connectivity index (χ0) is 13.2. The minimum atomic E-state index is -3.34. The van der Waals surface area contributed by atoms with Crippen LogP contribution in [0.15, 0.2) is 0 Å². The van der Waals surface area contributed by atoms with Crippen molar-refractivity contribution in [3.8, 4) is 0 Å². The van der Waals surface area contributed by atoms with Gasteiger partial charge in [0.05, 0.1) is 0 Å². The zero-order valence-corrected chi connectivity index (χ0v) is 11.9. The van der Waals surface area contributed by atoms with E-state index in [4.69, 9.17) is 5.11 Å². The van der Waals surface area contributed by atoms with Crippen molar-refractivity contribution in [1.29, 1.82) is 0 Å². The van der Waals surface area contributed by atoms with E-state index in [1.165, 1.54) is 0 Å². The number of hydrogen-bond acceptors (Lipinski definition) is 3. The summed E-state index contributed by atoms with van der Waals surface area (Å²) in [4.78, 5) is 0. The van der Waals surface area contributed by atoms with Gasteiger partial charge in [-0.25, -0.2) is 4.72 Å². The summed E-state index contributed by atoms with van der Waals surface area (Å²) in [5.41, 5.74) is 0.0286. The monoisotopic (exact) mass is 276 g/mol. The van der Waals surface area contributed by atoms with Gasteiger partial charge in [0.15, 0.2) is 0 Å². The van der Waals surface area contributed by atoms with Crippen molar-refractivity contribution in [3.05, 3.63) is 0 Å². The molecular weight excluding hydrogens is 252 g/mol. The standard InChI is InChI=1S/C12H24N2O3S/c1-11-4-2-3-8-14(11)18(16,17)13-10-12(5-6-12)7-9-15/h11,13,15H,2-10H2,1H3. The predicted octanol–water partition coefficient (Wildman–Crippen LogP) is 0.858. The van der Waals surface area contributed by atoms with E-state index >= 15 is 0 Å².